The lowest BCUT2D eigenvalue weighted by Crippen LogP contribution is -2.34. The van der Waals surface area contributed by atoms with Gasteiger partial charge in [-0.25, -0.2) is 4.79 Å². The van der Waals surface area contributed by atoms with Crippen molar-refractivity contribution in [2.75, 3.05) is 0 Å². The molecule has 1 atom stereocenters. The van der Waals surface area contributed by atoms with Crippen molar-refractivity contribution in [3.05, 3.63) is 34.9 Å². The molecular weight excluding hydrogens is 242 g/mol. The second-order valence-electron chi connectivity index (χ2n) is 4.08. The van der Waals surface area contributed by atoms with E-state index in [2.05, 4.69) is 5.32 Å². The van der Waals surface area contributed by atoms with Crippen LogP contribution in [0.2, 0.25) is 5.02 Å². The van der Waals surface area contributed by atoms with E-state index in [0.717, 1.165) is 12.8 Å². The van der Waals surface area contributed by atoms with Gasteiger partial charge in [0.15, 0.2) is 6.04 Å². The predicted molar refractivity (Wildman–Crippen MR) is 62.7 cm³/mol. The van der Waals surface area contributed by atoms with Gasteiger partial charge in [-0.1, -0.05) is 29.8 Å². The van der Waals surface area contributed by atoms with E-state index in [0.29, 0.717) is 10.6 Å². The van der Waals surface area contributed by atoms with Crippen LogP contribution in [0.3, 0.4) is 0 Å². The van der Waals surface area contributed by atoms with Crippen LogP contribution in [-0.4, -0.2) is 17.0 Å². The van der Waals surface area contributed by atoms with Crippen LogP contribution in [0.4, 0.5) is 0 Å². The monoisotopic (exact) mass is 253 g/mol. The van der Waals surface area contributed by atoms with E-state index in [1.807, 2.05) is 0 Å². The van der Waals surface area contributed by atoms with Gasteiger partial charge < -0.3 is 10.4 Å². The Morgan fingerprint density at radius 1 is 1.35 bits per heavy atom. The second-order valence-corrected chi connectivity index (χ2v) is 4.48. The minimum absolute atomic E-state index is 0.0284. The van der Waals surface area contributed by atoms with Crippen LogP contribution in [0.15, 0.2) is 24.3 Å². The van der Waals surface area contributed by atoms with Gasteiger partial charge in [-0.3, -0.25) is 4.79 Å². The highest BCUT2D eigenvalue weighted by atomic mass is 35.5. The summed E-state index contributed by atoms with van der Waals surface area (Å²) >= 11 is 5.93. The fraction of sp³-hybridized carbons (Fsp3) is 0.333. The molecule has 1 aliphatic rings. The SMILES string of the molecule is O=C(N[C@@H](C(=O)O)c1ccccc1Cl)C1CC1. The first-order valence-electron chi connectivity index (χ1n) is 5.37. The first-order valence-corrected chi connectivity index (χ1v) is 5.75. The van der Waals surface area contributed by atoms with E-state index in [-0.39, 0.29) is 11.8 Å². The van der Waals surface area contributed by atoms with Gasteiger partial charge in [-0.2, -0.15) is 0 Å². The van der Waals surface area contributed by atoms with Crippen LogP contribution in [0.1, 0.15) is 24.4 Å². The van der Waals surface area contributed by atoms with Crippen LogP contribution in [0.25, 0.3) is 0 Å². The maximum absolute atomic E-state index is 11.6. The van der Waals surface area contributed by atoms with Gasteiger partial charge >= 0.3 is 5.97 Å². The fourth-order valence-corrected chi connectivity index (χ4v) is 1.83. The van der Waals surface area contributed by atoms with Gasteiger partial charge in [-0.15, -0.1) is 0 Å². The van der Waals surface area contributed by atoms with Crippen LogP contribution in [0, 0.1) is 5.92 Å². The number of carbonyl (C=O) groups is 2. The third-order valence-electron chi connectivity index (χ3n) is 2.70. The van der Waals surface area contributed by atoms with Gasteiger partial charge in [0.05, 0.1) is 0 Å². The topological polar surface area (TPSA) is 66.4 Å². The largest absolute Gasteiger partial charge is 0.479 e. The Labute approximate surface area is 104 Å². The smallest absolute Gasteiger partial charge is 0.330 e. The van der Waals surface area contributed by atoms with Crippen molar-refractivity contribution < 1.29 is 14.7 Å². The van der Waals surface area contributed by atoms with Crippen LogP contribution < -0.4 is 5.32 Å². The quantitative estimate of drug-likeness (QED) is 0.862. The van der Waals surface area contributed by atoms with Crippen LogP contribution >= 0.6 is 11.6 Å². The number of amides is 1. The number of halogens is 1. The fourth-order valence-electron chi connectivity index (χ4n) is 1.59. The van der Waals surface area contributed by atoms with Crippen molar-refractivity contribution in [2.24, 2.45) is 5.92 Å². The number of rotatable bonds is 4. The highest BCUT2D eigenvalue weighted by molar-refractivity contribution is 6.31. The van der Waals surface area contributed by atoms with E-state index in [4.69, 9.17) is 16.7 Å². The summed E-state index contributed by atoms with van der Waals surface area (Å²) in [6, 6.07) is 5.55. The number of carbonyl (C=O) groups excluding carboxylic acids is 1. The molecule has 1 saturated carbocycles. The Morgan fingerprint density at radius 3 is 2.53 bits per heavy atom. The van der Waals surface area contributed by atoms with E-state index in [1.54, 1.807) is 24.3 Å². The molecule has 0 unspecified atom stereocenters. The molecule has 1 fully saturated rings. The normalized spacial score (nSPS) is 16.3. The summed E-state index contributed by atoms with van der Waals surface area (Å²) in [4.78, 5) is 22.7. The van der Waals surface area contributed by atoms with Gasteiger partial charge in [0.1, 0.15) is 0 Å². The van der Waals surface area contributed by atoms with E-state index in [9.17, 15) is 9.59 Å². The van der Waals surface area contributed by atoms with Gasteiger partial charge in [-0.05, 0) is 18.9 Å². The molecule has 2 N–H and O–H groups in total. The molecule has 0 radical (unpaired) electrons. The first kappa shape index (κ1) is 11.9. The average Bonchev–Trinajstić information content (AvgIpc) is 3.10. The Bertz CT molecular complexity index is 457. The number of hydrogen-bond donors (Lipinski definition) is 2. The van der Waals surface area contributed by atoms with Crippen molar-refractivity contribution in [1.82, 2.24) is 5.32 Å². The van der Waals surface area contributed by atoms with Gasteiger partial charge in [0.25, 0.3) is 0 Å². The van der Waals surface area contributed by atoms with E-state index in [1.165, 1.54) is 0 Å². The lowest BCUT2D eigenvalue weighted by Gasteiger charge is -2.15. The number of hydrogen-bond acceptors (Lipinski definition) is 2. The Balaban J connectivity index is 2.19. The third kappa shape index (κ3) is 2.77. The summed E-state index contributed by atoms with van der Waals surface area (Å²) in [5.41, 5.74) is 0.413. The molecule has 4 nitrogen and oxygen atoms in total. The molecule has 2 rings (SSSR count). The Hall–Kier alpha value is -1.55. The van der Waals surface area contributed by atoms with Gasteiger partial charge in [0.2, 0.25) is 5.91 Å². The molecule has 1 aromatic carbocycles. The zero-order valence-corrected chi connectivity index (χ0v) is 9.78. The highest BCUT2D eigenvalue weighted by Crippen LogP contribution is 2.30. The van der Waals surface area contributed by atoms with Gasteiger partial charge in [0, 0.05) is 16.5 Å². The number of benzene rings is 1. The summed E-state index contributed by atoms with van der Waals surface area (Å²) in [5, 5.41) is 12.0. The molecule has 5 heteroatoms. The van der Waals surface area contributed by atoms with Crippen molar-refractivity contribution in [3.63, 3.8) is 0 Å². The molecule has 0 bridgehead atoms. The maximum Gasteiger partial charge on any atom is 0.330 e. The summed E-state index contributed by atoms with van der Waals surface area (Å²) in [5.74, 6) is -1.34. The molecule has 17 heavy (non-hydrogen) atoms. The Morgan fingerprint density at radius 2 is 2.00 bits per heavy atom. The predicted octanol–water partition coefficient (Wildman–Crippen LogP) is 1.99. The summed E-state index contributed by atoms with van der Waals surface area (Å²) in [6.07, 6.45) is 1.67. The second kappa shape index (κ2) is 4.75. The highest BCUT2D eigenvalue weighted by Gasteiger charge is 2.33. The Kier molecular flexibility index (Phi) is 3.33. The molecule has 0 saturated heterocycles. The van der Waals surface area contributed by atoms with Crippen molar-refractivity contribution in [1.29, 1.82) is 0 Å². The third-order valence-corrected chi connectivity index (χ3v) is 3.04. The summed E-state index contributed by atoms with van der Waals surface area (Å²) in [6.45, 7) is 0. The number of carboxylic acid groups (broad SMARTS) is 1. The minimum Gasteiger partial charge on any atom is -0.479 e. The lowest BCUT2D eigenvalue weighted by atomic mass is 10.1. The van der Waals surface area contributed by atoms with Crippen molar-refractivity contribution >= 4 is 23.5 Å². The van der Waals surface area contributed by atoms with Crippen molar-refractivity contribution in [3.8, 4) is 0 Å². The lowest BCUT2D eigenvalue weighted by molar-refractivity contribution is -0.142. The molecule has 1 aliphatic carbocycles. The molecule has 0 spiro atoms. The van der Waals surface area contributed by atoms with Crippen LogP contribution in [-0.2, 0) is 9.59 Å². The summed E-state index contributed by atoms with van der Waals surface area (Å²) < 4.78 is 0. The zero-order chi connectivity index (χ0) is 12.4. The van der Waals surface area contributed by atoms with E-state index >= 15 is 0 Å². The number of carboxylic acids is 1. The first-order chi connectivity index (χ1) is 8.09. The molecule has 0 aromatic heterocycles. The molecule has 1 amide bonds. The molecule has 1 aromatic rings. The molecule has 0 heterocycles. The van der Waals surface area contributed by atoms with Crippen LogP contribution in [0.5, 0.6) is 0 Å². The molecule has 0 aliphatic heterocycles. The maximum atomic E-state index is 11.6. The average molecular weight is 254 g/mol. The molecule has 90 valence electrons. The minimum atomic E-state index is -1.10. The standard InChI is InChI=1S/C12H12ClNO3/c13-9-4-2-1-3-8(9)10(12(16)17)14-11(15)7-5-6-7/h1-4,7,10H,5-6H2,(H,14,15)(H,16,17)/t10-/m1/s1. The summed E-state index contributed by atoms with van der Waals surface area (Å²) in [7, 11) is 0. The van der Waals surface area contributed by atoms with Crippen molar-refractivity contribution in [2.45, 2.75) is 18.9 Å². The zero-order valence-electron chi connectivity index (χ0n) is 9.02. The molecular formula is C12H12ClNO3. The van der Waals surface area contributed by atoms with E-state index < -0.39 is 12.0 Å². The number of nitrogens with one attached hydrogen (secondary N) is 1. The number of aliphatic carboxylic acids is 1.